The fourth-order valence-electron chi connectivity index (χ4n) is 6.92. The number of hydrogen-bond donors (Lipinski definition) is 1. The summed E-state index contributed by atoms with van der Waals surface area (Å²) in [6, 6.07) is 42.5. The second-order valence-corrected chi connectivity index (χ2v) is 12.1. The van der Waals surface area contributed by atoms with Gasteiger partial charge >= 0.3 is 0 Å². The van der Waals surface area contributed by atoms with E-state index in [-0.39, 0.29) is 0 Å². The van der Waals surface area contributed by atoms with Crippen molar-refractivity contribution in [3.05, 3.63) is 161 Å². The Morgan fingerprint density at radius 2 is 1.47 bits per heavy atom. The lowest BCUT2D eigenvalue weighted by molar-refractivity contribution is 0.970. The summed E-state index contributed by atoms with van der Waals surface area (Å²) in [7, 11) is 0. The van der Waals surface area contributed by atoms with Crippen LogP contribution in [0.15, 0.2) is 139 Å². The van der Waals surface area contributed by atoms with Gasteiger partial charge in [-0.15, -0.1) is 0 Å². The van der Waals surface area contributed by atoms with Gasteiger partial charge in [-0.25, -0.2) is 0 Å². The molecule has 0 fully saturated rings. The Kier molecular flexibility index (Phi) is 7.88. The first-order valence-electron chi connectivity index (χ1n) is 16.0. The normalized spacial score (nSPS) is 13.6. The number of aryl methyl sites for hydroxylation is 2. The van der Waals surface area contributed by atoms with Crippen molar-refractivity contribution in [3.63, 3.8) is 0 Å². The van der Waals surface area contributed by atoms with Crippen LogP contribution in [-0.4, -0.2) is 10.8 Å². The summed E-state index contributed by atoms with van der Waals surface area (Å²) in [6.07, 6.45) is 11.7. The Morgan fingerprint density at radius 3 is 2.31 bits per heavy atom. The standard InChI is InChI=1S/C43H38N2/c1-30-12-5-6-17-37(30)43-31(2)13-10-19-38(43)33-21-24-36(25-22-33)45-41-20-8-7-18-39(41)40-26-23-35(29-42(40)45)34-16-11-15-32(28-34)14-4-3-9-27-44/h3,5-9,11-12,15-29,44H,4,10,13-14H2,1-2H3/b9-3-,44-27?. The van der Waals surface area contributed by atoms with Crippen molar-refractivity contribution in [2.45, 2.75) is 39.5 Å². The molecule has 220 valence electrons. The van der Waals surface area contributed by atoms with Gasteiger partial charge in [-0.2, -0.15) is 0 Å². The van der Waals surface area contributed by atoms with Crippen LogP contribution in [0.25, 0.3) is 49.8 Å². The fourth-order valence-corrected chi connectivity index (χ4v) is 6.92. The molecule has 1 aliphatic carbocycles. The van der Waals surface area contributed by atoms with Crippen molar-refractivity contribution < 1.29 is 0 Å². The minimum atomic E-state index is 0.931. The Hall–Kier alpha value is -5.21. The van der Waals surface area contributed by atoms with Gasteiger partial charge in [0, 0.05) is 22.7 Å². The molecular weight excluding hydrogens is 544 g/mol. The maximum atomic E-state index is 7.21. The molecule has 0 saturated heterocycles. The third kappa shape index (κ3) is 5.49. The van der Waals surface area contributed by atoms with E-state index >= 15 is 0 Å². The van der Waals surface area contributed by atoms with Crippen LogP contribution in [0.5, 0.6) is 0 Å². The van der Waals surface area contributed by atoms with Gasteiger partial charge < -0.3 is 9.98 Å². The fraction of sp³-hybridized carbons (Fsp3) is 0.140. The number of aromatic nitrogens is 1. The van der Waals surface area contributed by atoms with Crippen LogP contribution in [-0.2, 0) is 6.42 Å². The van der Waals surface area contributed by atoms with Crippen LogP contribution in [0.1, 0.15) is 48.4 Å². The molecule has 0 radical (unpaired) electrons. The zero-order valence-corrected chi connectivity index (χ0v) is 26.1. The Balaban J connectivity index is 1.29. The van der Waals surface area contributed by atoms with E-state index in [4.69, 9.17) is 5.41 Å². The Bertz CT molecular complexity index is 2130. The van der Waals surface area contributed by atoms with Gasteiger partial charge in [-0.05, 0) is 114 Å². The lowest BCUT2D eigenvalue weighted by Crippen LogP contribution is -2.01. The topological polar surface area (TPSA) is 28.8 Å². The minimum absolute atomic E-state index is 0.931. The van der Waals surface area contributed by atoms with E-state index in [0.29, 0.717) is 0 Å². The number of para-hydroxylation sites is 1. The molecule has 0 unspecified atom stereocenters. The second kappa shape index (κ2) is 12.4. The van der Waals surface area contributed by atoms with Gasteiger partial charge in [0.25, 0.3) is 0 Å². The van der Waals surface area contributed by atoms with Gasteiger partial charge in [0.2, 0.25) is 0 Å². The molecule has 2 nitrogen and oxygen atoms in total. The van der Waals surface area contributed by atoms with Gasteiger partial charge in [-0.1, -0.05) is 109 Å². The molecule has 2 heteroatoms. The van der Waals surface area contributed by atoms with Crippen LogP contribution in [0, 0.1) is 12.3 Å². The quantitative estimate of drug-likeness (QED) is 0.173. The highest BCUT2D eigenvalue weighted by Gasteiger charge is 2.19. The zero-order chi connectivity index (χ0) is 30.8. The molecule has 7 rings (SSSR count). The van der Waals surface area contributed by atoms with Crippen molar-refractivity contribution in [1.82, 2.24) is 4.57 Å². The maximum absolute atomic E-state index is 7.21. The number of nitrogens with zero attached hydrogens (tertiary/aromatic N) is 1. The molecule has 5 aromatic carbocycles. The van der Waals surface area contributed by atoms with E-state index in [2.05, 4.69) is 146 Å². The third-order valence-corrected chi connectivity index (χ3v) is 9.18. The molecule has 1 N–H and O–H groups in total. The second-order valence-electron chi connectivity index (χ2n) is 12.1. The number of fused-ring (bicyclic) bond motifs is 3. The first-order chi connectivity index (χ1) is 22.1. The van der Waals surface area contributed by atoms with Crippen molar-refractivity contribution in [2.24, 2.45) is 0 Å². The molecule has 0 spiro atoms. The minimum Gasteiger partial charge on any atom is -0.309 e. The number of allylic oxidation sites excluding steroid dienone is 6. The third-order valence-electron chi connectivity index (χ3n) is 9.18. The summed E-state index contributed by atoms with van der Waals surface area (Å²) in [6.45, 7) is 4.51. The molecule has 1 aliphatic rings. The van der Waals surface area contributed by atoms with Crippen molar-refractivity contribution in [3.8, 4) is 16.8 Å². The van der Waals surface area contributed by atoms with Gasteiger partial charge in [0.05, 0.1) is 11.0 Å². The number of hydrogen-bond acceptors (Lipinski definition) is 1. The van der Waals surface area contributed by atoms with Crippen LogP contribution in [0.2, 0.25) is 0 Å². The molecular formula is C43H38N2. The van der Waals surface area contributed by atoms with Crippen molar-refractivity contribution >= 4 is 39.2 Å². The molecule has 1 aromatic heterocycles. The average molecular weight is 583 g/mol. The predicted molar refractivity (Wildman–Crippen MR) is 193 cm³/mol. The van der Waals surface area contributed by atoms with E-state index in [1.807, 2.05) is 0 Å². The highest BCUT2D eigenvalue weighted by atomic mass is 15.0. The summed E-state index contributed by atoms with van der Waals surface area (Å²) >= 11 is 0. The largest absolute Gasteiger partial charge is 0.309 e. The van der Waals surface area contributed by atoms with Crippen LogP contribution < -0.4 is 0 Å². The van der Waals surface area contributed by atoms with Crippen LogP contribution in [0.3, 0.4) is 0 Å². The number of benzene rings is 5. The lowest BCUT2D eigenvalue weighted by Gasteiger charge is -2.23. The molecule has 0 bridgehead atoms. The molecule has 6 aromatic rings. The van der Waals surface area contributed by atoms with Gasteiger partial charge in [0.1, 0.15) is 0 Å². The van der Waals surface area contributed by atoms with E-state index in [1.165, 1.54) is 83.8 Å². The maximum Gasteiger partial charge on any atom is 0.0547 e. The predicted octanol–water partition coefficient (Wildman–Crippen LogP) is 11.5. The zero-order valence-electron chi connectivity index (χ0n) is 26.1. The number of rotatable bonds is 8. The first kappa shape index (κ1) is 28.6. The summed E-state index contributed by atoms with van der Waals surface area (Å²) in [5, 5.41) is 9.75. The Labute approximate surface area is 266 Å². The molecule has 0 amide bonds. The highest BCUT2D eigenvalue weighted by Crippen LogP contribution is 2.41. The van der Waals surface area contributed by atoms with Gasteiger partial charge in [-0.3, -0.25) is 0 Å². The molecule has 0 aliphatic heterocycles. The number of nitrogens with one attached hydrogen (secondary N) is 1. The molecule has 0 saturated carbocycles. The lowest BCUT2D eigenvalue weighted by atomic mass is 9.82. The van der Waals surface area contributed by atoms with E-state index in [9.17, 15) is 0 Å². The van der Waals surface area contributed by atoms with Gasteiger partial charge in [0.15, 0.2) is 0 Å². The highest BCUT2D eigenvalue weighted by molar-refractivity contribution is 6.10. The first-order valence-corrected chi connectivity index (χ1v) is 16.0. The van der Waals surface area contributed by atoms with E-state index < -0.39 is 0 Å². The summed E-state index contributed by atoms with van der Waals surface area (Å²) in [5.41, 5.74) is 15.5. The van der Waals surface area contributed by atoms with Crippen molar-refractivity contribution in [2.75, 3.05) is 0 Å². The van der Waals surface area contributed by atoms with Crippen LogP contribution in [0.4, 0.5) is 0 Å². The smallest absolute Gasteiger partial charge is 0.0547 e. The molecule has 1 heterocycles. The average Bonchev–Trinajstić information content (AvgIpc) is 3.41. The van der Waals surface area contributed by atoms with E-state index in [1.54, 1.807) is 6.08 Å². The molecule has 45 heavy (non-hydrogen) atoms. The monoisotopic (exact) mass is 582 g/mol. The summed E-state index contributed by atoms with van der Waals surface area (Å²) in [4.78, 5) is 0. The molecule has 0 atom stereocenters. The SMILES string of the molecule is CC1=C(c2ccccc2C)C(c2ccc(-n3c4ccccc4c4ccc(-c5cccc(CC/C=C\C=N)c5)cc43)cc2)=CCC1. The summed E-state index contributed by atoms with van der Waals surface area (Å²) < 4.78 is 2.42. The summed E-state index contributed by atoms with van der Waals surface area (Å²) in [5.74, 6) is 0. The Morgan fingerprint density at radius 1 is 0.711 bits per heavy atom. The van der Waals surface area contributed by atoms with E-state index in [0.717, 1.165) is 25.7 Å². The van der Waals surface area contributed by atoms with Crippen LogP contribution >= 0.6 is 0 Å². The van der Waals surface area contributed by atoms with Crippen molar-refractivity contribution in [1.29, 1.82) is 5.41 Å².